The molecule has 1 atom stereocenters. The van der Waals surface area contributed by atoms with Crippen molar-refractivity contribution >= 4 is 27.5 Å². The summed E-state index contributed by atoms with van der Waals surface area (Å²) in [7, 11) is 0. The summed E-state index contributed by atoms with van der Waals surface area (Å²) in [6, 6.07) is 4.15. The second kappa shape index (κ2) is 3.60. The van der Waals surface area contributed by atoms with Crippen LogP contribution in [-0.4, -0.2) is 0 Å². The molecule has 0 bridgehead atoms. The normalized spacial score (nSPS) is 21.3. The summed E-state index contributed by atoms with van der Waals surface area (Å²) in [6.07, 6.45) is 3.33. The molecule has 0 spiro atoms. The monoisotopic (exact) mass is 259 g/mol. The van der Waals surface area contributed by atoms with Crippen LogP contribution in [0.4, 0.5) is 0 Å². The van der Waals surface area contributed by atoms with Crippen LogP contribution in [0, 0.1) is 0 Å². The van der Waals surface area contributed by atoms with E-state index in [9.17, 15) is 0 Å². The maximum Gasteiger partial charge on any atom is 0.0551 e. The minimum Gasteiger partial charge on any atom is -0.324 e. The molecule has 0 fully saturated rings. The van der Waals surface area contributed by atoms with Gasteiger partial charge in [-0.05, 0) is 52.4 Å². The molecule has 2 rings (SSSR count). The van der Waals surface area contributed by atoms with E-state index in [4.69, 9.17) is 17.3 Å². The molecule has 0 saturated carbocycles. The Hall–Kier alpha value is -0.0500. The molecule has 0 saturated heterocycles. The molecule has 0 heterocycles. The molecule has 1 unspecified atom stereocenters. The van der Waals surface area contributed by atoms with E-state index in [0.29, 0.717) is 0 Å². The molecular weight excluding hydrogens is 249 g/mol. The van der Waals surface area contributed by atoms with E-state index in [1.54, 1.807) is 0 Å². The van der Waals surface area contributed by atoms with Gasteiger partial charge in [-0.2, -0.15) is 0 Å². The predicted octanol–water partition coefficient (Wildman–Crippen LogP) is 3.44. The lowest BCUT2D eigenvalue weighted by Gasteiger charge is -2.23. The van der Waals surface area contributed by atoms with Crippen LogP contribution in [0.2, 0.25) is 5.02 Å². The number of hydrogen-bond acceptors (Lipinski definition) is 1. The summed E-state index contributed by atoms with van der Waals surface area (Å²) in [5, 5.41) is 0.785. The molecule has 1 aliphatic rings. The maximum absolute atomic E-state index is 6.01. The van der Waals surface area contributed by atoms with Gasteiger partial charge >= 0.3 is 0 Å². The number of hydrogen-bond donors (Lipinski definition) is 1. The third kappa shape index (κ3) is 1.63. The summed E-state index contributed by atoms with van der Waals surface area (Å²) < 4.78 is 1.03. The third-order valence-corrected chi connectivity index (χ3v) is 4.02. The highest BCUT2D eigenvalue weighted by Gasteiger charge is 2.19. The maximum atomic E-state index is 6.01. The van der Waals surface area contributed by atoms with Crippen LogP contribution in [0.15, 0.2) is 16.6 Å². The smallest absolute Gasteiger partial charge is 0.0551 e. The zero-order valence-corrected chi connectivity index (χ0v) is 9.53. The molecule has 1 nitrogen and oxygen atoms in total. The fourth-order valence-corrected chi connectivity index (χ4v) is 2.60. The number of nitrogens with two attached hydrogens (primary N) is 1. The molecule has 1 aliphatic carbocycles. The van der Waals surface area contributed by atoms with Gasteiger partial charge in [0.25, 0.3) is 0 Å². The highest BCUT2D eigenvalue weighted by Crippen LogP contribution is 2.36. The van der Waals surface area contributed by atoms with Gasteiger partial charge in [-0.15, -0.1) is 0 Å². The number of fused-ring (bicyclic) bond motifs is 1. The van der Waals surface area contributed by atoms with Crippen LogP contribution in [0.25, 0.3) is 0 Å². The first-order chi connectivity index (χ1) is 6.20. The van der Waals surface area contributed by atoms with Crippen LogP contribution in [0.3, 0.4) is 0 Å². The predicted molar refractivity (Wildman–Crippen MR) is 59.0 cm³/mol. The first kappa shape index (κ1) is 9.50. The van der Waals surface area contributed by atoms with Gasteiger partial charge in [0.2, 0.25) is 0 Å². The largest absolute Gasteiger partial charge is 0.324 e. The Balaban J connectivity index is 2.56. The van der Waals surface area contributed by atoms with Gasteiger partial charge in [0.05, 0.1) is 5.02 Å². The molecule has 70 valence electrons. The highest BCUT2D eigenvalue weighted by atomic mass is 79.9. The van der Waals surface area contributed by atoms with Gasteiger partial charge in [-0.3, -0.25) is 0 Å². The van der Waals surface area contributed by atoms with Gasteiger partial charge in [-0.1, -0.05) is 17.7 Å². The third-order valence-electron chi connectivity index (χ3n) is 2.57. The van der Waals surface area contributed by atoms with Crippen LogP contribution in [0.5, 0.6) is 0 Å². The number of halogens is 2. The lowest BCUT2D eigenvalue weighted by Crippen LogP contribution is -2.17. The van der Waals surface area contributed by atoms with Crippen molar-refractivity contribution in [1.29, 1.82) is 0 Å². The van der Waals surface area contributed by atoms with Gasteiger partial charge < -0.3 is 5.73 Å². The molecular formula is C10H11BrClN. The van der Waals surface area contributed by atoms with Crippen molar-refractivity contribution in [2.45, 2.75) is 25.3 Å². The lowest BCUT2D eigenvalue weighted by molar-refractivity contribution is 0.569. The Morgan fingerprint density at radius 3 is 3.00 bits per heavy atom. The van der Waals surface area contributed by atoms with Crippen molar-refractivity contribution in [3.8, 4) is 0 Å². The first-order valence-corrected chi connectivity index (χ1v) is 5.59. The van der Waals surface area contributed by atoms with E-state index < -0.39 is 0 Å². The van der Waals surface area contributed by atoms with E-state index in [1.165, 1.54) is 11.1 Å². The fourth-order valence-electron chi connectivity index (χ4n) is 1.86. The van der Waals surface area contributed by atoms with Crippen LogP contribution in [0.1, 0.15) is 30.0 Å². The molecule has 0 aliphatic heterocycles. The van der Waals surface area contributed by atoms with Crippen molar-refractivity contribution in [3.05, 3.63) is 32.8 Å². The van der Waals surface area contributed by atoms with Crippen molar-refractivity contribution in [2.75, 3.05) is 0 Å². The quantitative estimate of drug-likeness (QED) is 0.760. The van der Waals surface area contributed by atoms with E-state index in [2.05, 4.69) is 15.9 Å². The Labute approximate surface area is 91.4 Å². The minimum absolute atomic E-state index is 0.192. The Kier molecular flexibility index (Phi) is 2.63. The second-order valence-corrected chi connectivity index (χ2v) is 4.63. The Morgan fingerprint density at radius 1 is 1.46 bits per heavy atom. The van der Waals surface area contributed by atoms with Gasteiger partial charge in [-0.25, -0.2) is 0 Å². The van der Waals surface area contributed by atoms with Crippen LogP contribution >= 0.6 is 27.5 Å². The number of rotatable bonds is 0. The standard InChI is InChI=1S/C10H11BrClN/c11-10-7-2-1-3-9(13)6(7)4-5-8(10)12/h4-5,9H,1-3,13H2. The molecule has 0 aromatic heterocycles. The van der Waals surface area contributed by atoms with E-state index in [0.717, 1.165) is 28.8 Å². The summed E-state index contributed by atoms with van der Waals surface area (Å²) in [6.45, 7) is 0. The molecule has 2 N–H and O–H groups in total. The summed E-state index contributed by atoms with van der Waals surface area (Å²) >= 11 is 9.51. The van der Waals surface area contributed by atoms with E-state index in [-0.39, 0.29) is 6.04 Å². The second-order valence-electron chi connectivity index (χ2n) is 3.43. The van der Waals surface area contributed by atoms with Gasteiger partial charge in [0.1, 0.15) is 0 Å². The SMILES string of the molecule is NC1CCCc2c1ccc(Cl)c2Br. The van der Waals surface area contributed by atoms with Crippen molar-refractivity contribution in [1.82, 2.24) is 0 Å². The van der Waals surface area contributed by atoms with Crippen molar-refractivity contribution < 1.29 is 0 Å². The fraction of sp³-hybridized carbons (Fsp3) is 0.400. The zero-order valence-electron chi connectivity index (χ0n) is 7.19. The molecule has 1 aromatic carbocycles. The molecule has 1 aromatic rings. The van der Waals surface area contributed by atoms with E-state index >= 15 is 0 Å². The summed E-state index contributed by atoms with van der Waals surface area (Å²) in [4.78, 5) is 0. The molecule has 3 heteroatoms. The van der Waals surface area contributed by atoms with Gasteiger partial charge in [0.15, 0.2) is 0 Å². The zero-order chi connectivity index (χ0) is 9.42. The lowest BCUT2D eigenvalue weighted by atomic mass is 9.88. The van der Waals surface area contributed by atoms with Crippen LogP contribution < -0.4 is 5.73 Å². The van der Waals surface area contributed by atoms with Crippen LogP contribution in [-0.2, 0) is 6.42 Å². The molecule has 0 radical (unpaired) electrons. The average molecular weight is 261 g/mol. The van der Waals surface area contributed by atoms with Crippen molar-refractivity contribution in [2.24, 2.45) is 5.73 Å². The summed E-state index contributed by atoms with van der Waals surface area (Å²) in [5.41, 5.74) is 8.55. The highest BCUT2D eigenvalue weighted by molar-refractivity contribution is 9.10. The molecule has 0 amide bonds. The first-order valence-electron chi connectivity index (χ1n) is 4.42. The van der Waals surface area contributed by atoms with E-state index in [1.807, 2.05) is 12.1 Å². The summed E-state index contributed by atoms with van der Waals surface area (Å²) in [5.74, 6) is 0. The Bertz CT molecular complexity index is 338. The number of benzene rings is 1. The Morgan fingerprint density at radius 2 is 2.23 bits per heavy atom. The van der Waals surface area contributed by atoms with Gasteiger partial charge in [0, 0.05) is 10.5 Å². The average Bonchev–Trinajstić information content (AvgIpc) is 2.12. The minimum atomic E-state index is 0.192. The topological polar surface area (TPSA) is 26.0 Å². The van der Waals surface area contributed by atoms with Crippen molar-refractivity contribution in [3.63, 3.8) is 0 Å². The molecule has 13 heavy (non-hydrogen) atoms.